The number of benzene rings is 1. The van der Waals surface area contributed by atoms with Crippen LogP contribution in [0.15, 0.2) is 77.1 Å². The van der Waals surface area contributed by atoms with Crippen molar-refractivity contribution in [1.29, 1.82) is 0 Å². The topological polar surface area (TPSA) is 117 Å². The van der Waals surface area contributed by atoms with Crippen molar-refractivity contribution in [3.05, 3.63) is 105 Å². The number of nitrogens with zero attached hydrogens (tertiary/aromatic N) is 6. The Morgan fingerprint density at radius 1 is 1.14 bits per heavy atom. The zero-order valence-electron chi connectivity index (χ0n) is 22.4. The van der Waals surface area contributed by atoms with Gasteiger partial charge >= 0.3 is 6.55 Å². The molecule has 2 N–H and O–H groups in total. The van der Waals surface area contributed by atoms with E-state index in [0.717, 1.165) is 12.3 Å². The maximum absolute atomic E-state index is 14.0. The Bertz CT molecular complexity index is 1800. The highest BCUT2D eigenvalue weighted by atomic mass is 35.5. The molecule has 0 amide bonds. The molecule has 0 aliphatic carbocycles. The van der Waals surface area contributed by atoms with Crippen molar-refractivity contribution in [2.45, 2.75) is 38.0 Å². The molecule has 10 nitrogen and oxygen atoms in total. The van der Waals surface area contributed by atoms with E-state index in [4.69, 9.17) is 16.6 Å². The van der Waals surface area contributed by atoms with Crippen molar-refractivity contribution in [3.63, 3.8) is 0 Å². The van der Waals surface area contributed by atoms with Crippen LogP contribution in [-0.2, 0) is 10.2 Å². The Kier molecular flexibility index (Phi) is 8.08. The molecule has 224 valence electrons. The first-order valence-electron chi connectivity index (χ1n) is 13.1. The number of aliphatic imine (C=N–C) groups is 1. The highest BCUT2D eigenvalue weighted by Gasteiger charge is 2.42. The van der Waals surface area contributed by atoms with Gasteiger partial charge in [0.15, 0.2) is 10.8 Å². The summed E-state index contributed by atoms with van der Waals surface area (Å²) in [7, 11) is -4.02. The van der Waals surface area contributed by atoms with Crippen LogP contribution in [0.5, 0.6) is 0 Å². The first-order chi connectivity index (χ1) is 20.6. The van der Waals surface area contributed by atoms with E-state index in [2.05, 4.69) is 24.5 Å². The van der Waals surface area contributed by atoms with E-state index < -0.39 is 40.7 Å². The van der Waals surface area contributed by atoms with Gasteiger partial charge in [0.2, 0.25) is 0 Å². The summed E-state index contributed by atoms with van der Waals surface area (Å²) in [5.41, 5.74) is 2.24. The molecular weight excluding hydrogens is 625 g/mol. The number of thiazole rings is 1. The van der Waals surface area contributed by atoms with Gasteiger partial charge in [0.1, 0.15) is 11.9 Å². The highest BCUT2D eigenvalue weighted by molar-refractivity contribution is 7.87. The molecule has 1 fully saturated rings. The Hall–Kier alpha value is -3.63. The van der Waals surface area contributed by atoms with E-state index in [1.165, 1.54) is 29.5 Å². The van der Waals surface area contributed by atoms with Crippen LogP contribution in [-0.4, -0.2) is 51.5 Å². The lowest BCUT2D eigenvalue weighted by molar-refractivity contribution is 0.0564. The van der Waals surface area contributed by atoms with Gasteiger partial charge < -0.3 is 4.90 Å². The number of fused-ring (bicyclic) bond motifs is 1. The Morgan fingerprint density at radius 2 is 1.98 bits per heavy atom. The summed E-state index contributed by atoms with van der Waals surface area (Å²) >= 11 is 7.82. The Labute approximate surface area is 254 Å². The molecule has 3 atom stereocenters. The first kappa shape index (κ1) is 29.4. The molecule has 0 saturated carbocycles. The predicted octanol–water partition coefficient (Wildman–Crippen LogP) is 5.09. The zero-order valence-corrected chi connectivity index (χ0v) is 24.8. The van der Waals surface area contributed by atoms with Gasteiger partial charge in [-0.15, -0.1) is 11.3 Å². The normalized spacial score (nSPS) is 19.6. The van der Waals surface area contributed by atoms with E-state index in [-0.39, 0.29) is 23.7 Å². The number of halogens is 4. The van der Waals surface area contributed by atoms with Crippen molar-refractivity contribution in [2.75, 3.05) is 6.54 Å². The lowest BCUT2D eigenvalue weighted by atomic mass is 9.92. The van der Waals surface area contributed by atoms with Gasteiger partial charge in [0.25, 0.3) is 10.2 Å². The third-order valence-electron chi connectivity index (χ3n) is 7.01. The number of hydrogen-bond donors (Lipinski definition) is 2. The summed E-state index contributed by atoms with van der Waals surface area (Å²) in [6.07, 6.45) is 4.52. The van der Waals surface area contributed by atoms with Crippen LogP contribution < -0.4 is 9.44 Å². The molecule has 2 aliphatic rings. The fraction of sp³-hybridized carbons (Fsp3) is 0.259. The van der Waals surface area contributed by atoms with Crippen molar-refractivity contribution in [2.24, 2.45) is 4.99 Å². The van der Waals surface area contributed by atoms with Crippen LogP contribution in [0.2, 0.25) is 5.02 Å². The largest absolute Gasteiger partial charge is 0.333 e. The number of amidine groups is 1. The van der Waals surface area contributed by atoms with Gasteiger partial charge in [0, 0.05) is 64.8 Å². The summed E-state index contributed by atoms with van der Waals surface area (Å²) in [6, 6.07) is 8.44. The fourth-order valence-electron chi connectivity index (χ4n) is 5.21. The van der Waals surface area contributed by atoms with Crippen LogP contribution >= 0.6 is 22.9 Å². The third kappa shape index (κ3) is 6.08. The van der Waals surface area contributed by atoms with Gasteiger partial charge in [-0.2, -0.15) is 31.7 Å². The molecule has 16 heteroatoms. The third-order valence-corrected chi connectivity index (χ3v) is 9.41. The minimum atomic E-state index is -4.02. The monoisotopic (exact) mass is 648 g/mol. The summed E-state index contributed by atoms with van der Waals surface area (Å²) in [5.74, 6) is -0.0989. The van der Waals surface area contributed by atoms with E-state index >= 15 is 0 Å². The number of alkyl halides is 2. The molecule has 0 bridgehead atoms. The summed E-state index contributed by atoms with van der Waals surface area (Å²) < 4.78 is 73.4. The van der Waals surface area contributed by atoms with Crippen LogP contribution in [0.3, 0.4) is 0 Å². The number of rotatable bonds is 9. The number of nitrogens with one attached hydrogen (secondary N) is 2. The van der Waals surface area contributed by atoms with E-state index in [9.17, 15) is 21.6 Å². The summed E-state index contributed by atoms with van der Waals surface area (Å²) in [5, 5.41) is 6.53. The highest BCUT2D eigenvalue weighted by Crippen LogP contribution is 2.46. The van der Waals surface area contributed by atoms with Gasteiger partial charge in [-0.1, -0.05) is 23.7 Å². The van der Waals surface area contributed by atoms with Gasteiger partial charge in [-0.25, -0.2) is 14.1 Å². The van der Waals surface area contributed by atoms with E-state index in [0.29, 0.717) is 38.1 Å². The molecule has 6 rings (SSSR count). The van der Waals surface area contributed by atoms with Gasteiger partial charge in [-0.3, -0.25) is 9.98 Å². The number of hydrogen-bond acceptors (Lipinski definition) is 8. The van der Waals surface area contributed by atoms with Crippen LogP contribution in [0.25, 0.3) is 5.57 Å². The lowest BCUT2D eigenvalue weighted by Crippen LogP contribution is -2.45. The smallest absolute Gasteiger partial charge is 0.326 e. The van der Waals surface area contributed by atoms with Crippen LogP contribution in [0.1, 0.15) is 53.9 Å². The second-order valence-electron chi connectivity index (χ2n) is 9.90. The summed E-state index contributed by atoms with van der Waals surface area (Å²) in [4.78, 5) is 15.4. The quantitative estimate of drug-likeness (QED) is 0.261. The SMILES string of the molecule is C[C@@H](NS(=O)(=O)N[C@H]1CC2=C(c3ccn(C(F)F)n3)[C@H](c3ccc(F)cc3Cl)N=C(c3nccs3)N2C1)c1ccccn1. The molecule has 5 heterocycles. The minimum absolute atomic E-state index is 0.0926. The van der Waals surface area contributed by atoms with Gasteiger partial charge in [-0.05, 0) is 37.3 Å². The maximum Gasteiger partial charge on any atom is 0.333 e. The summed E-state index contributed by atoms with van der Waals surface area (Å²) in [6.45, 7) is -1.02. The zero-order chi connectivity index (χ0) is 30.3. The van der Waals surface area contributed by atoms with Crippen molar-refractivity contribution in [1.82, 2.24) is 34.1 Å². The molecule has 1 saturated heterocycles. The number of pyridine rings is 1. The van der Waals surface area contributed by atoms with E-state index in [1.807, 2.05) is 4.90 Å². The van der Waals surface area contributed by atoms with Gasteiger partial charge in [0.05, 0.1) is 17.4 Å². The van der Waals surface area contributed by atoms with Crippen molar-refractivity contribution in [3.8, 4) is 0 Å². The minimum Gasteiger partial charge on any atom is -0.326 e. The Morgan fingerprint density at radius 3 is 2.65 bits per heavy atom. The molecule has 43 heavy (non-hydrogen) atoms. The molecule has 4 aromatic rings. The molecule has 0 radical (unpaired) electrons. The second-order valence-corrected chi connectivity index (χ2v) is 12.7. The second kappa shape index (κ2) is 11.8. The van der Waals surface area contributed by atoms with Crippen molar-refractivity contribution < 1.29 is 21.6 Å². The average molecular weight is 649 g/mol. The van der Waals surface area contributed by atoms with Crippen LogP contribution in [0.4, 0.5) is 13.2 Å². The molecular formula is C27H24ClF3N8O2S2. The average Bonchev–Trinajstić information content (AvgIpc) is 3.73. The standard InChI is InChI=1S/C27H24ClF3N8O2S2/c1-15(20-4-2-3-8-32-20)36-43(40,41)37-17-13-22-23(21-7-10-39(35-21)27(30)31)24(18-6-5-16(29)12-19(18)28)34-25(38(22)14-17)26-33-9-11-42-26/h2-12,15,17,24,27,36-37H,13-14H2,1H3/t15-,17+,24+/m1/s1. The van der Waals surface area contributed by atoms with E-state index in [1.54, 1.807) is 42.9 Å². The lowest BCUT2D eigenvalue weighted by Gasteiger charge is -2.32. The molecule has 0 spiro atoms. The fourth-order valence-corrected chi connectivity index (χ4v) is 7.37. The maximum atomic E-state index is 14.0. The van der Waals surface area contributed by atoms with Crippen LogP contribution in [0, 0.1) is 5.82 Å². The van der Waals surface area contributed by atoms with Crippen molar-refractivity contribution >= 4 is 44.6 Å². The molecule has 0 unspecified atom stereocenters. The Balaban J connectivity index is 1.41. The molecule has 1 aromatic carbocycles. The molecule has 2 aliphatic heterocycles. The predicted molar refractivity (Wildman–Crippen MR) is 156 cm³/mol. The first-order valence-corrected chi connectivity index (χ1v) is 15.8. The molecule has 3 aromatic heterocycles. The number of aromatic nitrogens is 4.